The van der Waals surface area contributed by atoms with Crippen LogP contribution in [0.15, 0.2) is 48.5 Å². The summed E-state index contributed by atoms with van der Waals surface area (Å²) in [5.41, 5.74) is 2.40. The van der Waals surface area contributed by atoms with E-state index in [0.29, 0.717) is 5.56 Å². The van der Waals surface area contributed by atoms with Gasteiger partial charge in [-0.1, -0.05) is 12.1 Å². The van der Waals surface area contributed by atoms with Crippen LogP contribution in [0, 0.1) is 11.3 Å². The van der Waals surface area contributed by atoms with Gasteiger partial charge in [0.2, 0.25) is 0 Å². The van der Waals surface area contributed by atoms with E-state index >= 15 is 0 Å². The van der Waals surface area contributed by atoms with E-state index in [0.717, 1.165) is 36.5 Å². The highest BCUT2D eigenvalue weighted by atomic mass is 16.5. The zero-order valence-corrected chi connectivity index (χ0v) is 13.9. The summed E-state index contributed by atoms with van der Waals surface area (Å²) in [4.78, 5) is 14.8. The van der Waals surface area contributed by atoms with Crippen LogP contribution in [0.5, 0.6) is 5.75 Å². The largest absolute Gasteiger partial charge is 0.497 e. The van der Waals surface area contributed by atoms with Crippen molar-refractivity contribution in [3.05, 3.63) is 59.7 Å². The third-order valence-electron chi connectivity index (χ3n) is 4.71. The molecule has 2 amide bonds. The van der Waals surface area contributed by atoms with Crippen molar-refractivity contribution in [2.75, 3.05) is 25.1 Å². The standard InChI is InChI=1S/C19H18N4O2/c1-25-17-9-5-15(6-10-17)18-21-11-2-12-22(21)19(24)23(18)16-7-3-14(13-20)4-8-16/h3-10,18H,2,11-12H2,1H3. The Morgan fingerprint density at radius 1 is 1.08 bits per heavy atom. The Hall–Kier alpha value is -3.04. The van der Waals surface area contributed by atoms with E-state index in [2.05, 4.69) is 11.1 Å². The van der Waals surface area contributed by atoms with Crippen LogP contribution in [-0.2, 0) is 0 Å². The average molecular weight is 334 g/mol. The molecule has 1 unspecified atom stereocenters. The van der Waals surface area contributed by atoms with E-state index < -0.39 is 0 Å². The Morgan fingerprint density at radius 2 is 1.80 bits per heavy atom. The SMILES string of the molecule is COc1ccc(C2N(c3ccc(C#N)cc3)C(=O)N3CCCN23)cc1. The van der Waals surface area contributed by atoms with Crippen LogP contribution in [0.4, 0.5) is 10.5 Å². The lowest BCUT2D eigenvalue weighted by atomic mass is 10.1. The smallest absolute Gasteiger partial charge is 0.340 e. The number of nitrogens with zero attached hydrogens (tertiary/aromatic N) is 4. The fraction of sp³-hybridized carbons (Fsp3) is 0.263. The molecule has 0 N–H and O–H groups in total. The second-order valence-corrected chi connectivity index (χ2v) is 6.10. The molecule has 2 heterocycles. The predicted octanol–water partition coefficient (Wildman–Crippen LogP) is 3.13. The summed E-state index contributed by atoms with van der Waals surface area (Å²) in [7, 11) is 1.64. The van der Waals surface area contributed by atoms with Gasteiger partial charge in [-0.3, -0.25) is 9.91 Å². The molecule has 0 saturated carbocycles. The number of benzene rings is 2. The minimum Gasteiger partial charge on any atom is -0.497 e. The van der Waals surface area contributed by atoms with Gasteiger partial charge in [-0.25, -0.2) is 4.79 Å². The lowest BCUT2D eigenvalue weighted by Gasteiger charge is -2.28. The monoisotopic (exact) mass is 334 g/mol. The van der Waals surface area contributed by atoms with Crippen LogP contribution in [-0.4, -0.2) is 36.2 Å². The van der Waals surface area contributed by atoms with Crippen molar-refractivity contribution < 1.29 is 9.53 Å². The summed E-state index contributed by atoms with van der Waals surface area (Å²) in [6, 6.07) is 17.0. The van der Waals surface area contributed by atoms with Crippen molar-refractivity contribution in [3.63, 3.8) is 0 Å². The summed E-state index contributed by atoms with van der Waals surface area (Å²) < 4.78 is 5.24. The molecule has 2 aromatic carbocycles. The topological polar surface area (TPSA) is 59.8 Å². The van der Waals surface area contributed by atoms with Gasteiger partial charge in [-0.05, 0) is 48.4 Å². The van der Waals surface area contributed by atoms with Crippen molar-refractivity contribution >= 4 is 11.7 Å². The van der Waals surface area contributed by atoms with Gasteiger partial charge in [0.1, 0.15) is 11.9 Å². The van der Waals surface area contributed by atoms with E-state index in [-0.39, 0.29) is 12.2 Å². The van der Waals surface area contributed by atoms with Gasteiger partial charge in [0.15, 0.2) is 0 Å². The quantitative estimate of drug-likeness (QED) is 0.865. The first-order valence-electron chi connectivity index (χ1n) is 8.24. The fourth-order valence-corrected chi connectivity index (χ4v) is 3.50. The number of hydrazine groups is 1. The number of urea groups is 1. The van der Waals surface area contributed by atoms with Crippen LogP contribution >= 0.6 is 0 Å². The number of ether oxygens (including phenoxy) is 1. The molecule has 2 aliphatic rings. The Kier molecular flexibility index (Phi) is 3.79. The molecule has 2 aliphatic heterocycles. The summed E-state index contributed by atoms with van der Waals surface area (Å²) in [6.45, 7) is 1.58. The van der Waals surface area contributed by atoms with Crippen molar-refractivity contribution in [3.8, 4) is 11.8 Å². The van der Waals surface area contributed by atoms with Gasteiger partial charge in [0, 0.05) is 18.8 Å². The number of amides is 2. The van der Waals surface area contributed by atoms with Crippen molar-refractivity contribution in [2.45, 2.75) is 12.6 Å². The zero-order chi connectivity index (χ0) is 17.4. The Morgan fingerprint density at radius 3 is 2.44 bits per heavy atom. The number of carbonyl (C=O) groups is 1. The van der Waals surface area contributed by atoms with Gasteiger partial charge in [-0.15, -0.1) is 0 Å². The van der Waals surface area contributed by atoms with Crippen molar-refractivity contribution in [1.29, 1.82) is 5.26 Å². The highest BCUT2D eigenvalue weighted by Gasteiger charge is 2.47. The van der Waals surface area contributed by atoms with Gasteiger partial charge in [-0.2, -0.15) is 10.3 Å². The molecule has 0 radical (unpaired) electrons. The van der Waals surface area contributed by atoms with E-state index in [4.69, 9.17) is 10.00 Å². The summed E-state index contributed by atoms with van der Waals surface area (Å²) in [5, 5.41) is 12.9. The Balaban J connectivity index is 1.76. The number of anilines is 1. The average Bonchev–Trinajstić information content (AvgIpc) is 3.24. The Bertz CT molecular complexity index is 826. The molecule has 126 valence electrons. The molecular weight excluding hydrogens is 316 g/mol. The maximum atomic E-state index is 13.0. The number of methoxy groups -OCH3 is 1. The van der Waals surface area contributed by atoms with E-state index in [9.17, 15) is 4.79 Å². The lowest BCUT2D eigenvalue weighted by Crippen LogP contribution is -2.32. The van der Waals surface area contributed by atoms with Gasteiger partial charge in [0.25, 0.3) is 0 Å². The molecule has 0 aliphatic carbocycles. The van der Waals surface area contributed by atoms with Crippen molar-refractivity contribution in [1.82, 2.24) is 10.0 Å². The number of fused-ring (bicyclic) bond motifs is 1. The molecule has 25 heavy (non-hydrogen) atoms. The fourth-order valence-electron chi connectivity index (χ4n) is 3.50. The molecule has 2 fully saturated rings. The Labute approximate surface area is 146 Å². The molecule has 6 heteroatoms. The van der Waals surface area contributed by atoms with E-state index in [1.807, 2.05) is 41.4 Å². The highest BCUT2D eigenvalue weighted by molar-refractivity contribution is 5.94. The van der Waals surface area contributed by atoms with Gasteiger partial charge < -0.3 is 4.74 Å². The van der Waals surface area contributed by atoms with Crippen LogP contribution in [0.2, 0.25) is 0 Å². The molecule has 4 rings (SSSR count). The van der Waals surface area contributed by atoms with Crippen LogP contribution in [0.1, 0.15) is 23.7 Å². The number of rotatable bonds is 3. The first kappa shape index (κ1) is 15.5. The van der Waals surface area contributed by atoms with Gasteiger partial charge >= 0.3 is 6.03 Å². The molecule has 1 atom stereocenters. The van der Waals surface area contributed by atoms with Gasteiger partial charge in [0.05, 0.1) is 18.7 Å². The molecule has 0 aromatic heterocycles. The number of carbonyl (C=O) groups excluding carboxylic acids is 1. The van der Waals surface area contributed by atoms with Crippen LogP contribution in [0.3, 0.4) is 0 Å². The molecule has 0 spiro atoms. The first-order chi connectivity index (χ1) is 12.2. The minimum atomic E-state index is -0.186. The summed E-state index contributed by atoms with van der Waals surface area (Å²) >= 11 is 0. The van der Waals surface area contributed by atoms with Crippen molar-refractivity contribution in [2.24, 2.45) is 0 Å². The van der Waals surface area contributed by atoms with E-state index in [1.54, 1.807) is 24.1 Å². The lowest BCUT2D eigenvalue weighted by molar-refractivity contribution is 0.0727. The zero-order valence-electron chi connectivity index (χ0n) is 13.9. The number of hydrogen-bond acceptors (Lipinski definition) is 4. The predicted molar refractivity (Wildman–Crippen MR) is 92.8 cm³/mol. The third-order valence-corrected chi connectivity index (χ3v) is 4.71. The molecule has 0 bridgehead atoms. The molecule has 2 aromatic rings. The van der Waals surface area contributed by atoms with Crippen LogP contribution < -0.4 is 9.64 Å². The highest BCUT2D eigenvalue weighted by Crippen LogP contribution is 2.40. The molecule has 6 nitrogen and oxygen atoms in total. The van der Waals surface area contributed by atoms with E-state index in [1.165, 1.54) is 0 Å². The molecule has 2 saturated heterocycles. The summed E-state index contributed by atoms with van der Waals surface area (Å²) in [6.07, 6.45) is 0.786. The first-order valence-corrected chi connectivity index (χ1v) is 8.24. The summed E-state index contributed by atoms with van der Waals surface area (Å²) in [5.74, 6) is 0.788. The molecular formula is C19H18N4O2. The second kappa shape index (κ2) is 6.11. The number of hydrogen-bond donors (Lipinski definition) is 0. The second-order valence-electron chi connectivity index (χ2n) is 6.10. The normalized spacial score (nSPS) is 19.8. The van der Waals surface area contributed by atoms with Crippen LogP contribution in [0.25, 0.3) is 0 Å². The maximum absolute atomic E-state index is 13.0. The third kappa shape index (κ3) is 2.49. The number of nitriles is 1. The minimum absolute atomic E-state index is 0.0250. The maximum Gasteiger partial charge on any atom is 0.340 e.